The largest absolute Gasteiger partial charge is 0.508 e. The second-order valence-corrected chi connectivity index (χ2v) is 8.18. The summed E-state index contributed by atoms with van der Waals surface area (Å²) in [5.74, 6) is 1.23. The average Bonchev–Trinajstić information content (AvgIpc) is 2.38. The van der Waals surface area contributed by atoms with E-state index in [1.165, 1.54) is 31.2 Å². The van der Waals surface area contributed by atoms with Gasteiger partial charge in [-0.05, 0) is 66.5 Å². The van der Waals surface area contributed by atoms with Crippen LogP contribution < -0.4 is 0 Å². The van der Waals surface area contributed by atoms with E-state index in [4.69, 9.17) is 0 Å². The lowest BCUT2D eigenvalue weighted by Gasteiger charge is -2.43. The van der Waals surface area contributed by atoms with Crippen LogP contribution >= 0.6 is 15.9 Å². The van der Waals surface area contributed by atoms with Crippen molar-refractivity contribution in [2.75, 3.05) is 5.33 Å². The van der Waals surface area contributed by atoms with E-state index in [9.17, 15) is 5.11 Å². The van der Waals surface area contributed by atoms with Gasteiger partial charge in [0.05, 0.1) is 0 Å². The molecule has 0 heterocycles. The van der Waals surface area contributed by atoms with Crippen LogP contribution in [0.3, 0.4) is 0 Å². The Labute approximate surface area is 131 Å². The molecule has 1 aromatic carbocycles. The maximum absolute atomic E-state index is 9.64. The molecule has 1 fully saturated rings. The van der Waals surface area contributed by atoms with E-state index in [0.29, 0.717) is 16.6 Å². The summed E-state index contributed by atoms with van der Waals surface area (Å²) in [4.78, 5) is 0. The van der Waals surface area contributed by atoms with Crippen LogP contribution in [0.2, 0.25) is 0 Å². The number of phenols is 1. The lowest BCUT2D eigenvalue weighted by atomic mass is 9.63. The third-order valence-electron chi connectivity index (χ3n) is 5.04. The van der Waals surface area contributed by atoms with Crippen LogP contribution in [0.15, 0.2) is 24.3 Å². The van der Waals surface area contributed by atoms with Crippen LogP contribution in [-0.4, -0.2) is 10.4 Å². The monoisotopic (exact) mass is 338 g/mol. The van der Waals surface area contributed by atoms with Crippen molar-refractivity contribution in [2.45, 2.75) is 52.9 Å². The molecular formula is C18H27BrO. The Morgan fingerprint density at radius 2 is 1.90 bits per heavy atom. The summed E-state index contributed by atoms with van der Waals surface area (Å²) in [7, 11) is 0. The van der Waals surface area contributed by atoms with Crippen molar-refractivity contribution in [2.24, 2.45) is 16.7 Å². The van der Waals surface area contributed by atoms with E-state index < -0.39 is 0 Å². The zero-order chi connectivity index (χ0) is 14.8. The Morgan fingerprint density at radius 1 is 1.25 bits per heavy atom. The molecule has 0 amide bonds. The molecule has 112 valence electrons. The minimum atomic E-state index is 0.371. The highest BCUT2D eigenvalue weighted by molar-refractivity contribution is 9.09. The van der Waals surface area contributed by atoms with Gasteiger partial charge >= 0.3 is 0 Å². The third-order valence-corrected chi connectivity index (χ3v) is 6.23. The average molecular weight is 339 g/mol. The zero-order valence-electron chi connectivity index (χ0n) is 13.0. The highest BCUT2D eigenvalue weighted by atomic mass is 79.9. The third kappa shape index (κ3) is 3.78. The highest BCUT2D eigenvalue weighted by Gasteiger charge is 2.38. The summed E-state index contributed by atoms with van der Waals surface area (Å²) in [6.45, 7) is 7.11. The number of hydrogen-bond acceptors (Lipinski definition) is 1. The second-order valence-electron chi connectivity index (χ2n) is 7.62. The van der Waals surface area contributed by atoms with Gasteiger partial charge in [-0.1, -0.05) is 48.8 Å². The van der Waals surface area contributed by atoms with Crippen LogP contribution in [0.25, 0.3) is 0 Å². The van der Waals surface area contributed by atoms with Crippen LogP contribution in [0.1, 0.15) is 52.0 Å². The molecule has 1 aromatic rings. The van der Waals surface area contributed by atoms with Gasteiger partial charge in [-0.15, -0.1) is 0 Å². The molecule has 0 aliphatic heterocycles. The lowest BCUT2D eigenvalue weighted by Crippen LogP contribution is -2.35. The number of hydrogen-bond donors (Lipinski definition) is 1. The molecule has 1 aliphatic rings. The summed E-state index contributed by atoms with van der Waals surface area (Å²) < 4.78 is 0. The van der Waals surface area contributed by atoms with Crippen molar-refractivity contribution in [3.8, 4) is 5.75 Å². The van der Waals surface area contributed by atoms with Gasteiger partial charge in [-0.25, -0.2) is 0 Å². The molecule has 0 bridgehead atoms. The van der Waals surface area contributed by atoms with Gasteiger partial charge in [0.1, 0.15) is 5.75 Å². The zero-order valence-corrected chi connectivity index (χ0v) is 14.5. The first-order valence-corrected chi connectivity index (χ1v) is 8.81. The maximum atomic E-state index is 9.64. The first-order valence-electron chi connectivity index (χ1n) is 7.69. The quantitative estimate of drug-likeness (QED) is 0.716. The van der Waals surface area contributed by atoms with Gasteiger partial charge in [-0.2, -0.15) is 0 Å². The lowest BCUT2D eigenvalue weighted by molar-refractivity contribution is 0.103. The fourth-order valence-electron chi connectivity index (χ4n) is 3.55. The van der Waals surface area contributed by atoms with Crippen molar-refractivity contribution in [1.82, 2.24) is 0 Å². The van der Waals surface area contributed by atoms with Gasteiger partial charge in [0, 0.05) is 5.33 Å². The molecule has 2 heteroatoms. The topological polar surface area (TPSA) is 20.2 Å². The first kappa shape index (κ1) is 15.9. The molecule has 1 saturated carbocycles. The van der Waals surface area contributed by atoms with Gasteiger partial charge in [-0.3, -0.25) is 0 Å². The number of phenolic OH excluding ortho intramolecular Hbond substituents is 1. The standard InChI is InChI=1S/C18H27BrO/c1-17(2,3)15-7-9-18(13-19,10-8-15)12-14-5-4-6-16(20)11-14/h4-6,11,15,20H,7-10,12-13H2,1-3H3. The number of benzene rings is 1. The molecule has 0 spiro atoms. The van der Waals surface area contributed by atoms with Crippen LogP contribution in [0.5, 0.6) is 5.75 Å². The fraction of sp³-hybridized carbons (Fsp3) is 0.667. The summed E-state index contributed by atoms with van der Waals surface area (Å²) in [5, 5.41) is 10.7. The minimum absolute atomic E-state index is 0.371. The van der Waals surface area contributed by atoms with E-state index in [1.807, 2.05) is 12.1 Å². The van der Waals surface area contributed by atoms with Crippen molar-refractivity contribution in [3.63, 3.8) is 0 Å². The number of rotatable bonds is 3. The Kier molecular flexibility index (Phi) is 4.84. The number of halogens is 1. The minimum Gasteiger partial charge on any atom is -0.508 e. The van der Waals surface area contributed by atoms with Crippen molar-refractivity contribution >= 4 is 15.9 Å². The summed E-state index contributed by atoms with van der Waals surface area (Å²) in [6, 6.07) is 7.76. The van der Waals surface area contributed by atoms with Gasteiger partial charge in [0.2, 0.25) is 0 Å². The molecule has 1 nitrogen and oxygen atoms in total. The molecule has 0 unspecified atom stereocenters. The van der Waals surface area contributed by atoms with E-state index in [2.05, 4.69) is 42.8 Å². The Hall–Kier alpha value is -0.500. The van der Waals surface area contributed by atoms with Crippen LogP contribution in [-0.2, 0) is 6.42 Å². The summed E-state index contributed by atoms with van der Waals surface area (Å²) in [5.41, 5.74) is 2.07. The smallest absolute Gasteiger partial charge is 0.115 e. The van der Waals surface area contributed by atoms with E-state index in [-0.39, 0.29) is 0 Å². The molecule has 0 aromatic heterocycles. The molecule has 1 N–H and O–H groups in total. The number of alkyl halides is 1. The number of aromatic hydroxyl groups is 1. The van der Waals surface area contributed by atoms with Crippen molar-refractivity contribution in [1.29, 1.82) is 0 Å². The Bertz CT molecular complexity index is 439. The normalized spacial score (nSPS) is 27.5. The highest BCUT2D eigenvalue weighted by Crippen LogP contribution is 2.47. The molecule has 1 aliphatic carbocycles. The molecule has 0 atom stereocenters. The van der Waals surface area contributed by atoms with Crippen LogP contribution in [0.4, 0.5) is 0 Å². The van der Waals surface area contributed by atoms with E-state index in [0.717, 1.165) is 17.7 Å². The Morgan fingerprint density at radius 3 is 2.40 bits per heavy atom. The maximum Gasteiger partial charge on any atom is 0.115 e. The summed E-state index contributed by atoms with van der Waals surface area (Å²) >= 11 is 3.75. The molecular weight excluding hydrogens is 312 g/mol. The predicted octanol–water partition coefficient (Wildman–Crippen LogP) is 5.55. The SMILES string of the molecule is CC(C)(C)C1CCC(CBr)(Cc2cccc(O)c2)CC1. The van der Waals surface area contributed by atoms with E-state index >= 15 is 0 Å². The van der Waals surface area contributed by atoms with Crippen molar-refractivity contribution < 1.29 is 5.11 Å². The van der Waals surface area contributed by atoms with Crippen LogP contribution in [0, 0.1) is 16.7 Å². The van der Waals surface area contributed by atoms with Gasteiger partial charge in [0.25, 0.3) is 0 Å². The fourth-order valence-corrected chi connectivity index (χ4v) is 4.31. The van der Waals surface area contributed by atoms with Crippen molar-refractivity contribution in [3.05, 3.63) is 29.8 Å². The molecule has 0 saturated heterocycles. The molecule has 2 rings (SSSR count). The molecule has 0 radical (unpaired) electrons. The second kappa shape index (κ2) is 6.09. The molecule has 20 heavy (non-hydrogen) atoms. The van der Waals surface area contributed by atoms with E-state index in [1.54, 1.807) is 6.07 Å². The van der Waals surface area contributed by atoms with Gasteiger partial charge in [0.15, 0.2) is 0 Å². The summed E-state index contributed by atoms with van der Waals surface area (Å²) in [6.07, 6.45) is 6.30. The van der Waals surface area contributed by atoms with Gasteiger partial charge < -0.3 is 5.11 Å². The first-order chi connectivity index (χ1) is 9.35. The predicted molar refractivity (Wildman–Crippen MR) is 89.5 cm³/mol. The Balaban J connectivity index is 2.05.